The van der Waals surface area contributed by atoms with Crippen LogP contribution in [-0.2, 0) is 0 Å². The number of rotatable bonds is 2. The topological polar surface area (TPSA) is 54.0 Å². The Morgan fingerprint density at radius 1 is 1.33 bits per heavy atom. The minimum atomic E-state index is -0.324. The molecular weight excluding hydrogens is 270 g/mol. The van der Waals surface area contributed by atoms with Crippen molar-refractivity contribution in [2.45, 2.75) is 13.8 Å². The Balaban J connectivity index is 2.05. The van der Waals surface area contributed by atoms with E-state index in [0.29, 0.717) is 15.8 Å². The van der Waals surface area contributed by atoms with Gasteiger partial charge in [-0.3, -0.25) is 5.32 Å². The zero-order chi connectivity index (χ0) is 13.1. The zero-order valence-electron chi connectivity index (χ0n) is 9.95. The van der Waals surface area contributed by atoms with Crippen LogP contribution >= 0.6 is 22.9 Å². The molecule has 0 aliphatic rings. The molecule has 0 radical (unpaired) electrons. The maximum atomic E-state index is 11.8. The van der Waals surface area contributed by atoms with Crippen LogP contribution in [0.25, 0.3) is 0 Å². The lowest BCUT2D eigenvalue weighted by atomic mass is 10.2. The number of aromatic nitrogens is 1. The van der Waals surface area contributed by atoms with Crippen LogP contribution in [0.3, 0.4) is 0 Å². The molecule has 94 valence electrons. The average Bonchev–Trinajstić information content (AvgIpc) is 2.69. The van der Waals surface area contributed by atoms with Crippen LogP contribution in [0, 0.1) is 13.8 Å². The fourth-order valence-corrected chi connectivity index (χ4v) is 2.22. The molecule has 0 atom stereocenters. The predicted octanol–water partition coefficient (Wildman–Crippen LogP) is 4.06. The highest BCUT2D eigenvalue weighted by molar-refractivity contribution is 7.15. The lowest BCUT2D eigenvalue weighted by Crippen LogP contribution is -2.19. The predicted molar refractivity (Wildman–Crippen MR) is 75.7 cm³/mol. The third kappa shape index (κ3) is 3.21. The first kappa shape index (κ1) is 12.9. The molecule has 0 aliphatic carbocycles. The quantitative estimate of drug-likeness (QED) is 0.872. The van der Waals surface area contributed by atoms with Gasteiger partial charge < -0.3 is 5.32 Å². The highest BCUT2D eigenvalue weighted by Crippen LogP contribution is 2.21. The number of halogens is 1. The van der Waals surface area contributed by atoms with E-state index in [1.165, 1.54) is 11.3 Å². The zero-order valence-corrected chi connectivity index (χ0v) is 11.5. The summed E-state index contributed by atoms with van der Waals surface area (Å²) in [5.41, 5.74) is 1.64. The van der Waals surface area contributed by atoms with Crippen molar-refractivity contribution >= 4 is 39.8 Å². The number of hydrogen-bond acceptors (Lipinski definition) is 3. The number of nitrogens with zero attached hydrogens (tertiary/aromatic N) is 1. The second kappa shape index (κ2) is 5.37. The molecule has 2 rings (SSSR count). The van der Waals surface area contributed by atoms with E-state index < -0.39 is 0 Å². The van der Waals surface area contributed by atoms with Crippen LogP contribution in [0.2, 0.25) is 5.02 Å². The molecule has 0 bridgehead atoms. The van der Waals surface area contributed by atoms with Gasteiger partial charge in [-0.15, -0.1) is 11.3 Å². The Morgan fingerprint density at radius 3 is 2.78 bits per heavy atom. The summed E-state index contributed by atoms with van der Waals surface area (Å²) in [6.07, 6.45) is 1.71. The summed E-state index contributed by atoms with van der Waals surface area (Å²) in [5, 5.41) is 6.57. The molecule has 0 unspecified atom stereocenters. The molecule has 1 heterocycles. The van der Waals surface area contributed by atoms with Gasteiger partial charge in [0.1, 0.15) is 0 Å². The summed E-state index contributed by atoms with van der Waals surface area (Å²) in [6, 6.07) is 5.02. The Morgan fingerprint density at radius 2 is 2.11 bits per heavy atom. The molecule has 2 aromatic rings. The van der Waals surface area contributed by atoms with Crippen molar-refractivity contribution in [2.75, 3.05) is 10.6 Å². The number of nitrogens with one attached hydrogen (secondary N) is 2. The summed E-state index contributed by atoms with van der Waals surface area (Å²) >= 11 is 7.31. The molecule has 0 saturated carbocycles. The standard InChI is InChI=1S/C12H12ClN3OS/c1-7-3-4-9(13)5-10(7)15-11(17)16-12-14-6-8(2)18-12/h3-6H,1-2H3,(H2,14,15,16,17). The molecule has 0 saturated heterocycles. The first-order valence-corrected chi connectivity index (χ1v) is 6.50. The number of urea groups is 1. The summed E-state index contributed by atoms with van der Waals surface area (Å²) in [4.78, 5) is 16.9. The highest BCUT2D eigenvalue weighted by atomic mass is 35.5. The first-order valence-electron chi connectivity index (χ1n) is 5.31. The lowest BCUT2D eigenvalue weighted by Gasteiger charge is -2.08. The maximum Gasteiger partial charge on any atom is 0.325 e. The van der Waals surface area contributed by atoms with Gasteiger partial charge in [0.2, 0.25) is 0 Å². The van der Waals surface area contributed by atoms with Gasteiger partial charge in [0, 0.05) is 21.8 Å². The van der Waals surface area contributed by atoms with E-state index >= 15 is 0 Å². The van der Waals surface area contributed by atoms with Crippen LogP contribution in [-0.4, -0.2) is 11.0 Å². The van der Waals surface area contributed by atoms with Crippen molar-refractivity contribution in [3.8, 4) is 0 Å². The minimum Gasteiger partial charge on any atom is -0.307 e. The fourth-order valence-electron chi connectivity index (χ4n) is 1.39. The largest absolute Gasteiger partial charge is 0.325 e. The molecule has 2 N–H and O–H groups in total. The van der Waals surface area contributed by atoms with Gasteiger partial charge >= 0.3 is 6.03 Å². The third-order valence-corrected chi connectivity index (χ3v) is 3.35. The average molecular weight is 282 g/mol. The van der Waals surface area contributed by atoms with Crippen LogP contribution < -0.4 is 10.6 Å². The minimum absolute atomic E-state index is 0.324. The first-order chi connectivity index (χ1) is 8.54. The summed E-state index contributed by atoms with van der Waals surface area (Å²) < 4.78 is 0. The van der Waals surface area contributed by atoms with Gasteiger partial charge in [-0.2, -0.15) is 0 Å². The van der Waals surface area contributed by atoms with Crippen LogP contribution in [0.15, 0.2) is 24.4 Å². The SMILES string of the molecule is Cc1cnc(NC(=O)Nc2cc(Cl)ccc2C)s1. The van der Waals surface area contributed by atoms with Gasteiger partial charge in [-0.25, -0.2) is 9.78 Å². The molecular formula is C12H12ClN3OS. The van der Waals surface area contributed by atoms with Crippen molar-refractivity contribution in [1.29, 1.82) is 0 Å². The van der Waals surface area contributed by atoms with Gasteiger partial charge in [0.15, 0.2) is 5.13 Å². The van der Waals surface area contributed by atoms with Crippen molar-refractivity contribution in [3.05, 3.63) is 39.9 Å². The normalized spacial score (nSPS) is 10.2. The van der Waals surface area contributed by atoms with E-state index in [9.17, 15) is 4.79 Å². The molecule has 0 spiro atoms. The van der Waals surface area contributed by atoms with E-state index in [2.05, 4.69) is 15.6 Å². The van der Waals surface area contributed by atoms with Gasteiger partial charge in [0.05, 0.1) is 0 Å². The van der Waals surface area contributed by atoms with Crippen molar-refractivity contribution in [3.63, 3.8) is 0 Å². The third-order valence-electron chi connectivity index (χ3n) is 2.29. The molecule has 1 aromatic carbocycles. The number of benzene rings is 1. The molecule has 18 heavy (non-hydrogen) atoms. The number of anilines is 2. The smallest absolute Gasteiger partial charge is 0.307 e. The Kier molecular flexibility index (Phi) is 3.84. The number of carbonyl (C=O) groups is 1. The second-order valence-electron chi connectivity index (χ2n) is 3.81. The lowest BCUT2D eigenvalue weighted by molar-refractivity contribution is 0.262. The number of thiazole rings is 1. The van der Waals surface area contributed by atoms with Crippen molar-refractivity contribution in [2.24, 2.45) is 0 Å². The van der Waals surface area contributed by atoms with E-state index in [4.69, 9.17) is 11.6 Å². The van der Waals surface area contributed by atoms with E-state index in [-0.39, 0.29) is 6.03 Å². The van der Waals surface area contributed by atoms with Crippen LogP contribution in [0.4, 0.5) is 15.6 Å². The van der Waals surface area contributed by atoms with Crippen molar-refractivity contribution in [1.82, 2.24) is 4.98 Å². The molecule has 1 aromatic heterocycles. The van der Waals surface area contributed by atoms with E-state index in [1.54, 1.807) is 18.3 Å². The second-order valence-corrected chi connectivity index (χ2v) is 5.49. The maximum absolute atomic E-state index is 11.8. The van der Waals surface area contributed by atoms with Gasteiger partial charge in [-0.1, -0.05) is 17.7 Å². The Hall–Kier alpha value is -1.59. The fraction of sp³-hybridized carbons (Fsp3) is 0.167. The van der Waals surface area contributed by atoms with Crippen LogP contribution in [0.1, 0.15) is 10.4 Å². The molecule has 6 heteroatoms. The molecule has 0 aliphatic heterocycles. The van der Waals surface area contributed by atoms with Gasteiger partial charge in [0.25, 0.3) is 0 Å². The van der Waals surface area contributed by atoms with Gasteiger partial charge in [-0.05, 0) is 31.5 Å². The Labute approximate surface area is 114 Å². The summed E-state index contributed by atoms with van der Waals surface area (Å²) in [5.74, 6) is 0. The molecule has 2 amide bonds. The summed E-state index contributed by atoms with van der Waals surface area (Å²) in [7, 11) is 0. The van der Waals surface area contributed by atoms with E-state index in [0.717, 1.165) is 10.4 Å². The number of amides is 2. The molecule has 0 fully saturated rings. The highest BCUT2D eigenvalue weighted by Gasteiger charge is 2.07. The number of hydrogen-bond donors (Lipinski definition) is 2. The van der Waals surface area contributed by atoms with Crippen molar-refractivity contribution < 1.29 is 4.79 Å². The van der Waals surface area contributed by atoms with E-state index in [1.807, 2.05) is 19.9 Å². The monoisotopic (exact) mass is 281 g/mol. The summed E-state index contributed by atoms with van der Waals surface area (Å²) in [6.45, 7) is 3.83. The Bertz CT molecular complexity index is 582. The number of aryl methyl sites for hydroxylation is 2. The van der Waals surface area contributed by atoms with Crippen LogP contribution in [0.5, 0.6) is 0 Å². The number of carbonyl (C=O) groups excluding carboxylic acids is 1. The molecule has 4 nitrogen and oxygen atoms in total.